The van der Waals surface area contributed by atoms with Crippen molar-refractivity contribution in [1.82, 2.24) is 9.97 Å². The first-order valence-corrected chi connectivity index (χ1v) is 6.26. The Balaban J connectivity index is 2.44. The van der Waals surface area contributed by atoms with Gasteiger partial charge in [0.25, 0.3) is 0 Å². The summed E-state index contributed by atoms with van der Waals surface area (Å²) in [6.07, 6.45) is 0. The molecule has 0 amide bonds. The van der Waals surface area contributed by atoms with Crippen LogP contribution in [0.15, 0.2) is 6.07 Å². The van der Waals surface area contributed by atoms with Gasteiger partial charge in [-0.15, -0.1) is 0 Å². The minimum Gasteiger partial charge on any atom is -0.461 e. The van der Waals surface area contributed by atoms with E-state index in [1.165, 1.54) is 0 Å². The van der Waals surface area contributed by atoms with Crippen molar-refractivity contribution in [2.75, 3.05) is 19.8 Å². The van der Waals surface area contributed by atoms with E-state index in [-0.39, 0.29) is 11.0 Å². The average Bonchev–Trinajstić information content (AvgIpc) is 2.27. The van der Waals surface area contributed by atoms with Gasteiger partial charge in [-0.3, -0.25) is 0 Å². The first kappa shape index (κ1) is 14.8. The molecule has 18 heavy (non-hydrogen) atoms. The quantitative estimate of drug-likeness (QED) is 0.597. The molecule has 0 saturated carbocycles. The maximum Gasteiger partial charge on any atom is 0.317 e. The molecule has 0 unspecified atom stereocenters. The molecule has 0 fully saturated rings. The molecule has 0 aliphatic heterocycles. The van der Waals surface area contributed by atoms with Crippen LogP contribution in [0.25, 0.3) is 0 Å². The molecule has 0 aromatic carbocycles. The number of hydrogen-bond donors (Lipinski definition) is 1. The number of rotatable bonds is 7. The van der Waals surface area contributed by atoms with Gasteiger partial charge in [0, 0.05) is 12.3 Å². The van der Waals surface area contributed by atoms with E-state index in [0.29, 0.717) is 24.8 Å². The fourth-order valence-electron chi connectivity index (χ4n) is 1.24. The Morgan fingerprint density at radius 2 is 2.11 bits per heavy atom. The molecule has 0 spiro atoms. The van der Waals surface area contributed by atoms with Crippen molar-refractivity contribution in [3.63, 3.8) is 0 Å². The van der Waals surface area contributed by atoms with Crippen molar-refractivity contribution < 1.29 is 9.47 Å². The smallest absolute Gasteiger partial charge is 0.317 e. The summed E-state index contributed by atoms with van der Waals surface area (Å²) < 4.78 is 10.8. The molecule has 1 rings (SSSR count). The summed E-state index contributed by atoms with van der Waals surface area (Å²) in [5.41, 5.74) is 6.82. The van der Waals surface area contributed by atoms with E-state index in [1.807, 2.05) is 6.92 Å². The maximum absolute atomic E-state index is 5.52. The maximum atomic E-state index is 5.52. The lowest BCUT2D eigenvalue weighted by Crippen LogP contribution is -2.15. The van der Waals surface area contributed by atoms with E-state index < -0.39 is 0 Å². The Labute approximate surface area is 113 Å². The Morgan fingerprint density at radius 1 is 1.39 bits per heavy atom. The second-order valence-electron chi connectivity index (χ2n) is 4.36. The molecular formula is C12H19N3O2S. The Bertz CT molecular complexity index is 410. The zero-order valence-electron chi connectivity index (χ0n) is 11.0. The van der Waals surface area contributed by atoms with Crippen molar-refractivity contribution in [2.45, 2.75) is 20.8 Å². The van der Waals surface area contributed by atoms with Crippen LogP contribution in [0.3, 0.4) is 0 Å². The minimum atomic E-state index is 0.237. The number of nitrogens with two attached hydrogens (primary N) is 1. The predicted molar refractivity (Wildman–Crippen MR) is 73.8 cm³/mol. The second kappa shape index (κ2) is 7.23. The van der Waals surface area contributed by atoms with Gasteiger partial charge in [-0.05, 0) is 18.9 Å². The van der Waals surface area contributed by atoms with Crippen LogP contribution in [0, 0.1) is 12.8 Å². The van der Waals surface area contributed by atoms with Crippen LogP contribution in [-0.2, 0) is 4.74 Å². The van der Waals surface area contributed by atoms with Crippen molar-refractivity contribution in [1.29, 1.82) is 0 Å². The standard InChI is InChI=1S/C12H19N3O2S/c1-8(2)7-16-4-5-17-12-14-9(3)6-10(15-12)11(13)18/h6,8H,4-5,7H2,1-3H3,(H2,13,18). The van der Waals surface area contributed by atoms with Gasteiger partial charge in [-0.1, -0.05) is 26.1 Å². The number of nitrogens with zero attached hydrogens (tertiary/aromatic N) is 2. The molecule has 5 nitrogen and oxygen atoms in total. The zero-order valence-corrected chi connectivity index (χ0v) is 11.8. The highest BCUT2D eigenvalue weighted by molar-refractivity contribution is 7.80. The van der Waals surface area contributed by atoms with E-state index in [2.05, 4.69) is 23.8 Å². The van der Waals surface area contributed by atoms with Crippen LogP contribution < -0.4 is 10.5 Å². The minimum absolute atomic E-state index is 0.237. The van der Waals surface area contributed by atoms with Crippen molar-refractivity contribution in [2.24, 2.45) is 11.7 Å². The molecule has 1 aromatic heterocycles. The van der Waals surface area contributed by atoms with Gasteiger partial charge >= 0.3 is 6.01 Å². The SMILES string of the molecule is Cc1cc(C(N)=S)nc(OCCOCC(C)C)n1. The number of aryl methyl sites for hydroxylation is 1. The van der Waals surface area contributed by atoms with Gasteiger partial charge in [-0.2, -0.15) is 4.98 Å². The van der Waals surface area contributed by atoms with E-state index in [1.54, 1.807) is 6.07 Å². The van der Waals surface area contributed by atoms with Gasteiger partial charge in [0.2, 0.25) is 0 Å². The van der Waals surface area contributed by atoms with Gasteiger partial charge in [0.05, 0.1) is 6.61 Å². The van der Waals surface area contributed by atoms with Crippen LogP contribution in [0.4, 0.5) is 0 Å². The molecule has 1 heterocycles. The van der Waals surface area contributed by atoms with Crippen LogP contribution in [0.1, 0.15) is 25.2 Å². The normalized spacial score (nSPS) is 10.7. The number of aromatic nitrogens is 2. The lowest BCUT2D eigenvalue weighted by atomic mass is 10.2. The van der Waals surface area contributed by atoms with Crippen LogP contribution in [-0.4, -0.2) is 34.8 Å². The monoisotopic (exact) mass is 269 g/mol. The molecule has 0 atom stereocenters. The summed E-state index contributed by atoms with van der Waals surface area (Å²) in [6, 6.07) is 2.01. The molecular weight excluding hydrogens is 250 g/mol. The molecule has 100 valence electrons. The van der Waals surface area contributed by atoms with Crippen LogP contribution in [0.2, 0.25) is 0 Å². The lowest BCUT2D eigenvalue weighted by molar-refractivity contribution is 0.0791. The Morgan fingerprint density at radius 3 is 2.72 bits per heavy atom. The predicted octanol–water partition coefficient (Wildman–Crippen LogP) is 1.47. The summed E-state index contributed by atoms with van der Waals surface area (Å²) in [7, 11) is 0. The summed E-state index contributed by atoms with van der Waals surface area (Å²) in [5, 5.41) is 0. The molecule has 1 aromatic rings. The number of hydrogen-bond acceptors (Lipinski definition) is 5. The fraction of sp³-hybridized carbons (Fsp3) is 0.583. The zero-order chi connectivity index (χ0) is 13.5. The molecule has 0 saturated heterocycles. The van der Waals surface area contributed by atoms with Gasteiger partial charge < -0.3 is 15.2 Å². The summed E-state index contributed by atoms with van der Waals surface area (Å²) in [5.74, 6) is 0.515. The summed E-state index contributed by atoms with van der Waals surface area (Å²) in [4.78, 5) is 8.49. The lowest BCUT2D eigenvalue weighted by Gasteiger charge is -2.08. The van der Waals surface area contributed by atoms with Gasteiger partial charge in [0.1, 0.15) is 17.3 Å². The molecule has 0 aliphatic rings. The fourth-order valence-corrected chi connectivity index (χ4v) is 1.35. The largest absolute Gasteiger partial charge is 0.461 e. The van der Waals surface area contributed by atoms with Gasteiger partial charge in [0.15, 0.2) is 0 Å². The van der Waals surface area contributed by atoms with E-state index in [4.69, 9.17) is 27.4 Å². The average molecular weight is 269 g/mol. The first-order chi connectivity index (χ1) is 8.49. The van der Waals surface area contributed by atoms with Gasteiger partial charge in [-0.25, -0.2) is 4.98 Å². The Kier molecular flexibility index (Phi) is 5.94. The van der Waals surface area contributed by atoms with E-state index >= 15 is 0 Å². The molecule has 0 bridgehead atoms. The third-order valence-electron chi connectivity index (χ3n) is 2.00. The summed E-state index contributed by atoms with van der Waals surface area (Å²) >= 11 is 4.87. The van der Waals surface area contributed by atoms with Crippen molar-refractivity contribution >= 4 is 17.2 Å². The molecule has 2 N–H and O–H groups in total. The van der Waals surface area contributed by atoms with Crippen LogP contribution >= 0.6 is 12.2 Å². The van der Waals surface area contributed by atoms with E-state index in [0.717, 1.165) is 12.3 Å². The number of ether oxygens (including phenoxy) is 2. The third-order valence-corrected chi connectivity index (χ3v) is 2.21. The third kappa shape index (κ3) is 5.37. The van der Waals surface area contributed by atoms with Crippen molar-refractivity contribution in [3.8, 4) is 6.01 Å². The first-order valence-electron chi connectivity index (χ1n) is 5.85. The highest BCUT2D eigenvalue weighted by Gasteiger charge is 2.05. The second-order valence-corrected chi connectivity index (χ2v) is 4.80. The Hall–Kier alpha value is -1.27. The topological polar surface area (TPSA) is 70.3 Å². The highest BCUT2D eigenvalue weighted by atomic mass is 32.1. The summed E-state index contributed by atoms with van der Waals surface area (Å²) in [6.45, 7) is 7.67. The molecule has 6 heteroatoms. The molecule has 0 radical (unpaired) electrons. The van der Waals surface area contributed by atoms with Crippen LogP contribution in [0.5, 0.6) is 6.01 Å². The van der Waals surface area contributed by atoms with E-state index in [9.17, 15) is 0 Å². The highest BCUT2D eigenvalue weighted by Crippen LogP contribution is 2.07. The number of thiocarbonyl (C=S) groups is 1. The van der Waals surface area contributed by atoms with Crippen molar-refractivity contribution in [3.05, 3.63) is 17.5 Å². The molecule has 0 aliphatic carbocycles.